The first-order valence-electron chi connectivity index (χ1n) is 8.04. The van der Waals surface area contributed by atoms with E-state index in [0.717, 1.165) is 5.57 Å². The Bertz CT molecular complexity index is 432. The van der Waals surface area contributed by atoms with Crippen molar-refractivity contribution in [1.82, 2.24) is 0 Å². The van der Waals surface area contributed by atoms with Gasteiger partial charge in [-0.2, -0.15) is 0 Å². The van der Waals surface area contributed by atoms with Gasteiger partial charge in [0.2, 0.25) is 0 Å². The fourth-order valence-corrected chi connectivity index (χ4v) is 2.99. The van der Waals surface area contributed by atoms with Crippen LogP contribution in [0.5, 0.6) is 0 Å². The number of hydrogen-bond donors (Lipinski definition) is 5. The lowest BCUT2D eigenvalue weighted by atomic mass is 9.80. The smallest absolute Gasteiger partial charge is 0.187 e. The molecule has 0 aromatic rings. The molecule has 7 nitrogen and oxygen atoms in total. The van der Waals surface area contributed by atoms with Crippen molar-refractivity contribution >= 4 is 0 Å². The second-order valence-corrected chi connectivity index (χ2v) is 7.02. The summed E-state index contributed by atoms with van der Waals surface area (Å²) in [4.78, 5) is 0. The molecule has 2 rings (SSSR count). The zero-order valence-corrected chi connectivity index (χ0v) is 13.8. The average Bonchev–Trinajstić information content (AvgIpc) is 2.49. The number of rotatable bonds is 4. The third-order valence-corrected chi connectivity index (χ3v) is 4.78. The van der Waals surface area contributed by atoms with Crippen LogP contribution in [-0.4, -0.2) is 74.6 Å². The lowest BCUT2D eigenvalue weighted by Gasteiger charge is -2.44. The van der Waals surface area contributed by atoms with Gasteiger partial charge in [-0.25, -0.2) is 0 Å². The van der Waals surface area contributed by atoms with Gasteiger partial charge in [-0.15, -0.1) is 0 Å². The van der Waals surface area contributed by atoms with Crippen LogP contribution in [-0.2, 0) is 9.47 Å². The van der Waals surface area contributed by atoms with E-state index in [1.54, 1.807) is 6.92 Å². The second-order valence-electron chi connectivity index (χ2n) is 7.02. The minimum Gasteiger partial charge on any atom is -0.394 e. The molecule has 1 aliphatic heterocycles. The van der Waals surface area contributed by atoms with E-state index in [1.807, 2.05) is 6.08 Å². The van der Waals surface area contributed by atoms with Crippen molar-refractivity contribution in [1.29, 1.82) is 0 Å². The molecule has 0 aromatic heterocycles. The van der Waals surface area contributed by atoms with Crippen molar-refractivity contribution in [3.63, 3.8) is 0 Å². The van der Waals surface area contributed by atoms with Gasteiger partial charge >= 0.3 is 0 Å². The predicted octanol–water partition coefficient (Wildman–Crippen LogP) is -0.701. The summed E-state index contributed by atoms with van der Waals surface area (Å²) in [5.41, 5.74) is 0.0168. The van der Waals surface area contributed by atoms with Crippen molar-refractivity contribution < 1.29 is 35.0 Å². The van der Waals surface area contributed by atoms with E-state index < -0.39 is 49.0 Å². The zero-order valence-electron chi connectivity index (χ0n) is 13.8. The molecule has 0 aromatic carbocycles. The van der Waals surface area contributed by atoms with Crippen LogP contribution < -0.4 is 0 Å². The third-order valence-electron chi connectivity index (χ3n) is 4.78. The lowest BCUT2D eigenvalue weighted by Crippen LogP contribution is -2.61. The van der Waals surface area contributed by atoms with Crippen molar-refractivity contribution in [2.24, 2.45) is 5.92 Å². The molecule has 7 atom stereocenters. The first-order chi connectivity index (χ1) is 10.7. The maximum Gasteiger partial charge on any atom is 0.187 e. The summed E-state index contributed by atoms with van der Waals surface area (Å²) in [6, 6.07) is 0. The van der Waals surface area contributed by atoms with E-state index in [0.29, 0.717) is 18.8 Å². The van der Waals surface area contributed by atoms with Crippen LogP contribution in [0.15, 0.2) is 11.6 Å². The third kappa shape index (κ3) is 3.93. The van der Waals surface area contributed by atoms with E-state index in [2.05, 4.69) is 13.8 Å². The van der Waals surface area contributed by atoms with Crippen LogP contribution in [0.1, 0.15) is 33.6 Å². The first-order valence-corrected chi connectivity index (χ1v) is 8.04. The van der Waals surface area contributed by atoms with Gasteiger partial charge in [0.1, 0.15) is 24.4 Å². The average molecular weight is 332 g/mol. The first kappa shape index (κ1) is 18.8. The summed E-state index contributed by atoms with van der Waals surface area (Å²) in [5, 5.41) is 49.4. The summed E-state index contributed by atoms with van der Waals surface area (Å²) in [5.74, 6) is 0.312. The van der Waals surface area contributed by atoms with Crippen LogP contribution in [0.2, 0.25) is 0 Å². The fourth-order valence-electron chi connectivity index (χ4n) is 2.99. The van der Waals surface area contributed by atoms with Crippen LogP contribution in [0.25, 0.3) is 0 Å². The molecule has 0 bridgehead atoms. The number of aliphatic hydroxyl groups excluding tert-OH is 4. The van der Waals surface area contributed by atoms with Gasteiger partial charge in [-0.05, 0) is 25.7 Å². The quantitative estimate of drug-likeness (QED) is 0.432. The van der Waals surface area contributed by atoms with Crippen LogP contribution in [0.3, 0.4) is 0 Å². The number of ether oxygens (including phenoxy) is 2. The Morgan fingerprint density at radius 1 is 1.26 bits per heavy atom. The van der Waals surface area contributed by atoms with E-state index in [9.17, 15) is 25.5 Å². The molecule has 23 heavy (non-hydrogen) atoms. The molecule has 2 aliphatic rings. The summed E-state index contributed by atoms with van der Waals surface area (Å²) >= 11 is 0. The monoisotopic (exact) mass is 332 g/mol. The molecule has 0 amide bonds. The normalized spacial score (nSPS) is 45.2. The number of aliphatic hydroxyl groups is 5. The van der Waals surface area contributed by atoms with Crippen LogP contribution >= 0.6 is 0 Å². The molecular formula is C16H28O7. The Morgan fingerprint density at radius 2 is 1.91 bits per heavy atom. The van der Waals surface area contributed by atoms with Gasteiger partial charge in [0.05, 0.1) is 18.3 Å². The summed E-state index contributed by atoms with van der Waals surface area (Å²) in [7, 11) is 0. The summed E-state index contributed by atoms with van der Waals surface area (Å²) in [6.45, 7) is 5.24. The Kier molecular flexibility index (Phi) is 5.84. The minimum atomic E-state index is -1.49. The minimum absolute atomic E-state index is 0.312. The summed E-state index contributed by atoms with van der Waals surface area (Å²) in [6.07, 6.45) is -4.34. The Hall–Kier alpha value is -0.540. The zero-order chi connectivity index (χ0) is 17.4. The molecule has 5 N–H and O–H groups in total. The van der Waals surface area contributed by atoms with Gasteiger partial charge in [-0.1, -0.05) is 25.5 Å². The van der Waals surface area contributed by atoms with E-state index in [-0.39, 0.29) is 0 Å². The highest BCUT2D eigenvalue weighted by Gasteiger charge is 2.47. The molecule has 0 unspecified atom stereocenters. The molecule has 1 fully saturated rings. The highest BCUT2D eigenvalue weighted by atomic mass is 16.7. The molecule has 0 saturated carbocycles. The van der Waals surface area contributed by atoms with Crippen molar-refractivity contribution in [3.05, 3.63) is 11.6 Å². The Balaban J connectivity index is 2.11. The van der Waals surface area contributed by atoms with E-state index in [4.69, 9.17) is 9.47 Å². The summed E-state index contributed by atoms with van der Waals surface area (Å²) < 4.78 is 11.1. The van der Waals surface area contributed by atoms with E-state index >= 15 is 0 Å². The lowest BCUT2D eigenvalue weighted by molar-refractivity contribution is -0.323. The SMILES string of the molecule is CC(C)C1=CC[C@@](C)(O)[C@H](O[C@H]2O[C@@H](CO)[C@H](O)[C@@H](O)[C@@H]2O)C1. The van der Waals surface area contributed by atoms with Crippen molar-refractivity contribution in [3.8, 4) is 0 Å². The van der Waals surface area contributed by atoms with Crippen molar-refractivity contribution in [2.45, 2.75) is 76.0 Å². The Labute approximate surface area is 136 Å². The topological polar surface area (TPSA) is 120 Å². The molecule has 1 aliphatic carbocycles. The van der Waals surface area contributed by atoms with Gasteiger partial charge < -0.3 is 35.0 Å². The van der Waals surface area contributed by atoms with Gasteiger partial charge in [-0.3, -0.25) is 0 Å². The largest absolute Gasteiger partial charge is 0.394 e. The molecule has 0 radical (unpaired) electrons. The van der Waals surface area contributed by atoms with Gasteiger partial charge in [0.25, 0.3) is 0 Å². The number of hydrogen-bond acceptors (Lipinski definition) is 7. The molecular weight excluding hydrogens is 304 g/mol. The van der Waals surface area contributed by atoms with Gasteiger partial charge in [0.15, 0.2) is 6.29 Å². The second kappa shape index (κ2) is 7.14. The predicted molar refractivity (Wildman–Crippen MR) is 81.4 cm³/mol. The fraction of sp³-hybridized carbons (Fsp3) is 0.875. The van der Waals surface area contributed by atoms with Crippen LogP contribution in [0, 0.1) is 5.92 Å². The molecule has 134 valence electrons. The molecule has 0 spiro atoms. The van der Waals surface area contributed by atoms with Gasteiger partial charge in [0, 0.05) is 0 Å². The molecule has 1 heterocycles. The maximum absolute atomic E-state index is 10.5. The van der Waals surface area contributed by atoms with E-state index in [1.165, 1.54) is 0 Å². The van der Waals surface area contributed by atoms with Crippen LogP contribution in [0.4, 0.5) is 0 Å². The highest BCUT2D eigenvalue weighted by Crippen LogP contribution is 2.35. The highest BCUT2D eigenvalue weighted by molar-refractivity contribution is 5.15. The maximum atomic E-state index is 10.5. The molecule has 7 heteroatoms. The van der Waals surface area contributed by atoms with Crippen molar-refractivity contribution in [2.75, 3.05) is 6.61 Å². The Morgan fingerprint density at radius 3 is 2.48 bits per heavy atom. The molecule has 1 saturated heterocycles. The standard InChI is InChI=1S/C16H28O7/c1-8(2)9-4-5-16(3,21)11(6-9)23-15-14(20)13(19)12(18)10(7-17)22-15/h4,8,10-15,17-21H,5-7H2,1-3H3/t10-,11+,12-,13+,14-,15+,16+/m0/s1.